The number of hydrogen-bond donors (Lipinski definition) is 3. The molecule has 3 aliphatic rings. The van der Waals surface area contributed by atoms with E-state index in [0.717, 1.165) is 0 Å². The Kier molecular flexibility index (Phi) is 2.28. The predicted octanol–water partition coefficient (Wildman–Crippen LogP) is 1.59. The van der Waals surface area contributed by atoms with Crippen molar-refractivity contribution in [3.05, 3.63) is 0 Å². The van der Waals surface area contributed by atoms with Gasteiger partial charge >= 0.3 is 0 Å². The number of hydrogen-bond acceptors (Lipinski definition) is 6. The van der Waals surface area contributed by atoms with Crippen molar-refractivity contribution in [2.45, 2.75) is 56.7 Å². The summed E-state index contributed by atoms with van der Waals surface area (Å²) in [4.78, 5) is 13.3. The second kappa shape index (κ2) is 3.96. The van der Waals surface area contributed by atoms with E-state index in [2.05, 4.69) is 30.9 Å². The third-order valence-electron chi connectivity index (χ3n) is 3.37. The van der Waals surface area contributed by atoms with Gasteiger partial charge in [-0.25, -0.2) is 0 Å². The highest BCUT2D eigenvalue weighted by Gasteiger charge is 2.26. The van der Waals surface area contributed by atoms with E-state index in [1.807, 2.05) is 0 Å². The molecule has 0 aliphatic heterocycles. The number of anilines is 3. The Labute approximate surface area is 106 Å². The van der Waals surface area contributed by atoms with E-state index < -0.39 is 0 Å². The van der Waals surface area contributed by atoms with Crippen LogP contribution in [0.3, 0.4) is 0 Å². The molecule has 3 fully saturated rings. The van der Waals surface area contributed by atoms with E-state index >= 15 is 0 Å². The highest BCUT2D eigenvalue weighted by atomic mass is 15.3. The van der Waals surface area contributed by atoms with E-state index in [4.69, 9.17) is 0 Å². The molecule has 0 bridgehead atoms. The minimum absolute atomic E-state index is 0.565. The summed E-state index contributed by atoms with van der Waals surface area (Å²) < 4.78 is 0. The predicted molar refractivity (Wildman–Crippen MR) is 69.8 cm³/mol. The fourth-order valence-electron chi connectivity index (χ4n) is 1.80. The van der Waals surface area contributed by atoms with E-state index in [0.29, 0.717) is 36.0 Å². The summed E-state index contributed by atoms with van der Waals surface area (Å²) in [6.45, 7) is 0. The topological polar surface area (TPSA) is 74.8 Å². The first-order valence-corrected chi connectivity index (χ1v) is 6.91. The lowest BCUT2D eigenvalue weighted by molar-refractivity contribution is 0.958. The summed E-state index contributed by atoms with van der Waals surface area (Å²) >= 11 is 0. The van der Waals surface area contributed by atoms with Gasteiger partial charge in [0.25, 0.3) is 0 Å². The van der Waals surface area contributed by atoms with Crippen LogP contribution in [0.15, 0.2) is 0 Å². The smallest absolute Gasteiger partial charge is 0.229 e. The van der Waals surface area contributed by atoms with Crippen LogP contribution in [0, 0.1) is 0 Å². The maximum absolute atomic E-state index is 4.44. The molecule has 18 heavy (non-hydrogen) atoms. The first-order chi connectivity index (χ1) is 8.85. The minimum atomic E-state index is 0.565. The zero-order valence-corrected chi connectivity index (χ0v) is 10.3. The fraction of sp³-hybridized carbons (Fsp3) is 0.750. The molecule has 6 heteroatoms. The second-order valence-corrected chi connectivity index (χ2v) is 5.56. The first kappa shape index (κ1) is 10.3. The van der Waals surface area contributed by atoms with Crippen molar-refractivity contribution in [3.63, 3.8) is 0 Å². The summed E-state index contributed by atoms with van der Waals surface area (Å²) in [5, 5.41) is 10.0. The van der Waals surface area contributed by atoms with Gasteiger partial charge in [0.15, 0.2) is 0 Å². The molecule has 0 saturated heterocycles. The maximum Gasteiger partial charge on any atom is 0.229 e. The quantitative estimate of drug-likeness (QED) is 0.708. The van der Waals surface area contributed by atoms with Gasteiger partial charge in [-0.2, -0.15) is 15.0 Å². The van der Waals surface area contributed by atoms with Crippen molar-refractivity contribution in [1.29, 1.82) is 0 Å². The number of aromatic nitrogens is 3. The third kappa shape index (κ3) is 2.63. The van der Waals surface area contributed by atoms with Crippen molar-refractivity contribution in [2.24, 2.45) is 0 Å². The van der Waals surface area contributed by atoms with Crippen LogP contribution < -0.4 is 16.0 Å². The second-order valence-electron chi connectivity index (χ2n) is 5.56. The summed E-state index contributed by atoms with van der Waals surface area (Å²) in [6, 6.07) is 1.69. The molecule has 1 aromatic rings. The molecule has 1 aromatic heterocycles. The molecule has 6 nitrogen and oxygen atoms in total. The van der Waals surface area contributed by atoms with Crippen LogP contribution >= 0.6 is 0 Å². The molecule has 0 radical (unpaired) electrons. The van der Waals surface area contributed by atoms with Gasteiger partial charge in [-0.15, -0.1) is 0 Å². The highest BCUT2D eigenvalue weighted by molar-refractivity contribution is 5.45. The Morgan fingerprint density at radius 1 is 0.556 bits per heavy atom. The Hall–Kier alpha value is -1.59. The lowest BCUT2D eigenvalue weighted by Gasteiger charge is -2.10. The zero-order valence-electron chi connectivity index (χ0n) is 10.3. The van der Waals surface area contributed by atoms with Gasteiger partial charge in [0.2, 0.25) is 17.8 Å². The fourth-order valence-corrected chi connectivity index (χ4v) is 1.80. The highest BCUT2D eigenvalue weighted by Crippen LogP contribution is 2.28. The molecule has 4 rings (SSSR count). The van der Waals surface area contributed by atoms with Gasteiger partial charge in [0.1, 0.15) is 0 Å². The summed E-state index contributed by atoms with van der Waals surface area (Å²) in [5.74, 6) is 2.12. The molecular weight excluding hydrogens is 228 g/mol. The summed E-state index contributed by atoms with van der Waals surface area (Å²) in [7, 11) is 0. The van der Waals surface area contributed by atoms with Crippen LogP contribution in [0.1, 0.15) is 38.5 Å². The van der Waals surface area contributed by atoms with Crippen LogP contribution in [-0.2, 0) is 0 Å². The van der Waals surface area contributed by atoms with Gasteiger partial charge < -0.3 is 16.0 Å². The van der Waals surface area contributed by atoms with Crippen molar-refractivity contribution < 1.29 is 0 Å². The van der Waals surface area contributed by atoms with Crippen LogP contribution in [0.5, 0.6) is 0 Å². The number of nitrogens with zero attached hydrogens (tertiary/aromatic N) is 3. The van der Waals surface area contributed by atoms with Gasteiger partial charge in [-0.1, -0.05) is 0 Å². The number of rotatable bonds is 6. The third-order valence-corrected chi connectivity index (χ3v) is 3.37. The van der Waals surface area contributed by atoms with Gasteiger partial charge in [0, 0.05) is 18.1 Å². The minimum Gasteiger partial charge on any atom is -0.351 e. The maximum atomic E-state index is 4.44. The molecular formula is C12H18N6. The SMILES string of the molecule is C1CC1Nc1nc(NC2CC2)nc(NC2CC2)n1. The summed E-state index contributed by atoms with van der Waals surface area (Å²) in [5.41, 5.74) is 0. The van der Waals surface area contributed by atoms with Crippen molar-refractivity contribution in [2.75, 3.05) is 16.0 Å². The molecule has 3 N–H and O–H groups in total. The zero-order chi connectivity index (χ0) is 11.9. The average molecular weight is 246 g/mol. The average Bonchev–Trinajstić information content (AvgIpc) is 3.17. The van der Waals surface area contributed by atoms with E-state index in [9.17, 15) is 0 Å². The molecule has 0 unspecified atom stereocenters. The Bertz CT molecular complexity index is 371. The van der Waals surface area contributed by atoms with Crippen LogP contribution in [0.4, 0.5) is 17.8 Å². The Morgan fingerprint density at radius 3 is 1.06 bits per heavy atom. The lowest BCUT2D eigenvalue weighted by Crippen LogP contribution is -2.14. The molecule has 96 valence electrons. The van der Waals surface area contributed by atoms with Crippen LogP contribution in [0.2, 0.25) is 0 Å². The standard InChI is InChI=1S/C12H18N6/c1-2-7(1)13-10-16-11(14-8-3-4-8)18-12(17-10)15-9-5-6-9/h7-9H,1-6H2,(H3,13,14,15,16,17,18). The van der Waals surface area contributed by atoms with Crippen LogP contribution in [0.25, 0.3) is 0 Å². The van der Waals surface area contributed by atoms with Crippen molar-refractivity contribution >= 4 is 17.8 Å². The van der Waals surface area contributed by atoms with E-state index in [1.54, 1.807) is 0 Å². The van der Waals surface area contributed by atoms with E-state index in [1.165, 1.54) is 38.5 Å². The molecule has 0 aromatic carbocycles. The van der Waals surface area contributed by atoms with Crippen molar-refractivity contribution in [1.82, 2.24) is 15.0 Å². The Morgan fingerprint density at radius 2 is 0.833 bits per heavy atom. The van der Waals surface area contributed by atoms with Gasteiger partial charge in [0.05, 0.1) is 0 Å². The molecule has 0 amide bonds. The largest absolute Gasteiger partial charge is 0.351 e. The molecule has 3 saturated carbocycles. The molecule has 0 atom stereocenters. The molecule has 3 aliphatic carbocycles. The lowest BCUT2D eigenvalue weighted by atomic mass is 10.6. The molecule has 1 heterocycles. The monoisotopic (exact) mass is 246 g/mol. The normalized spacial score (nSPS) is 22.7. The van der Waals surface area contributed by atoms with Crippen LogP contribution in [-0.4, -0.2) is 33.1 Å². The van der Waals surface area contributed by atoms with Gasteiger partial charge in [-0.3, -0.25) is 0 Å². The van der Waals surface area contributed by atoms with Crippen molar-refractivity contribution in [3.8, 4) is 0 Å². The van der Waals surface area contributed by atoms with Gasteiger partial charge in [-0.05, 0) is 38.5 Å². The molecule has 0 spiro atoms. The number of nitrogens with one attached hydrogen (secondary N) is 3. The Balaban J connectivity index is 1.54. The van der Waals surface area contributed by atoms with E-state index in [-0.39, 0.29) is 0 Å². The summed E-state index contributed by atoms with van der Waals surface area (Å²) in [6.07, 6.45) is 7.35. The first-order valence-electron chi connectivity index (χ1n) is 6.91.